The first kappa shape index (κ1) is 13.2. The van der Waals surface area contributed by atoms with E-state index in [1.807, 2.05) is 26.5 Å². The summed E-state index contributed by atoms with van der Waals surface area (Å²) in [7, 11) is 6.20. The third-order valence-electron chi connectivity index (χ3n) is 3.02. The fourth-order valence-corrected chi connectivity index (χ4v) is 1.83. The van der Waals surface area contributed by atoms with Gasteiger partial charge in [-0.15, -0.1) is 0 Å². The van der Waals surface area contributed by atoms with Crippen molar-refractivity contribution in [1.82, 2.24) is 19.8 Å². The van der Waals surface area contributed by atoms with Crippen molar-refractivity contribution < 1.29 is 0 Å². The Morgan fingerprint density at radius 3 is 2.62 bits per heavy atom. The molecule has 16 heavy (non-hydrogen) atoms. The lowest BCUT2D eigenvalue weighted by Gasteiger charge is -2.26. The highest BCUT2D eigenvalue weighted by molar-refractivity contribution is 4.91. The van der Waals surface area contributed by atoms with E-state index >= 15 is 0 Å². The normalized spacial score (nSPS) is 13.7. The SMILES string of the molecule is CNC(CN(C)Cc1nccn1C)C(C)C. The van der Waals surface area contributed by atoms with E-state index in [9.17, 15) is 0 Å². The van der Waals surface area contributed by atoms with Crippen LogP contribution in [0.3, 0.4) is 0 Å². The van der Waals surface area contributed by atoms with Crippen LogP contribution in [-0.2, 0) is 13.6 Å². The van der Waals surface area contributed by atoms with E-state index < -0.39 is 0 Å². The Bertz CT molecular complexity index is 306. The second-order valence-electron chi connectivity index (χ2n) is 4.79. The van der Waals surface area contributed by atoms with Gasteiger partial charge >= 0.3 is 0 Å². The molecule has 0 aliphatic carbocycles. The van der Waals surface area contributed by atoms with Crippen LogP contribution >= 0.6 is 0 Å². The molecule has 92 valence electrons. The van der Waals surface area contributed by atoms with E-state index in [-0.39, 0.29) is 0 Å². The number of likely N-dealkylation sites (N-methyl/N-ethyl adjacent to an activating group) is 2. The Morgan fingerprint density at radius 2 is 2.19 bits per heavy atom. The van der Waals surface area contributed by atoms with Gasteiger partial charge < -0.3 is 9.88 Å². The summed E-state index contributed by atoms with van der Waals surface area (Å²) >= 11 is 0. The molecule has 0 radical (unpaired) electrons. The van der Waals surface area contributed by atoms with Crippen molar-refractivity contribution in [3.63, 3.8) is 0 Å². The minimum Gasteiger partial charge on any atom is -0.337 e. The Balaban J connectivity index is 2.47. The van der Waals surface area contributed by atoms with E-state index in [0.29, 0.717) is 12.0 Å². The van der Waals surface area contributed by atoms with Gasteiger partial charge in [0, 0.05) is 32.0 Å². The number of aromatic nitrogens is 2. The lowest BCUT2D eigenvalue weighted by molar-refractivity contribution is 0.249. The van der Waals surface area contributed by atoms with Gasteiger partial charge in [0.2, 0.25) is 0 Å². The molecule has 0 bridgehead atoms. The molecule has 0 saturated heterocycles. The van der Waals surface area contributed by atoms with Crippen LogP contribution in [0.1, 0.15) is 19.7 Å². The highest BCUT2D eigenvalue weighted by Crippen LogP contribution is 2.05. The van der Waals surface area contributed by atoms with Crippen LogP contribution in [-0.4, -0.2) is 41.1 Å². The van der Waals surface area contributed by atoms with Crippen molar-refractivity contribution >= 4 is 0 Å². The molecule has 0 spiro atoms. The summed E-state index contributed by atoms with van der Waals surface area (Å²) < 4.78 is 2.07. The van der Waals surface area contributed by atoms with Gasteiger partial charge in [-0.2, -0.15) is 0 Å². The summed E-state index contributed by atoms with van der Waals surface area (Å²) in [5.41, 5.74) is 0. The molecule has 4 nitrogen and oxygen atoms in total. The minimum atomic E-state index is 0.533. The molecule has 0 fully saturated rings. The molecule has 0 aliphatic rings. The van der Waals surface area contributed by atoms with Crippen LogP contribution in [0.4, 0.5) is 0 Å². The standard InChI is InChI=1S/C12H24N4/c1-10(2)11(13-3)8-15(4)9-12-14-6-7-16(12)5/h6-7,10-11,13H,8-9H2,1-5H3. The van der Waals surface area contributed by atoms with Gasteiger partial charge in [0.25, 0.3) is 0 Å². The van der Waals surface area contributed by atoms with Crippen molar-refractivity contribution in [3.05, 3.63) is 18.2 Å². The summed E-state index contributed by atoms with van der Waals surface area (Å²) in [6.45, 7) is 6.43. The van der Waals surface area contributed by atoms with Crippen molar-refractivity contribution in [3.8, 4) is 0 Å². The maximum absolute atomic E-state index is 4.33. The lowest BCUT2D eigenvalue weighted by atomic mass is 10.0. The molecule has 1 atom stereocenters. The average Bonchev–Trinajstić information content (AvgIpc) is 2.60. The second kappa shape index (κ2) is 6.01. The van der Waals surface area contributed by atoms with Crippen LogP contribution in [0.5, 0.6) is 0 Å². The van der Waals surface area contributed by atoms with Crippen molar-refractivity contribution in [2.75, 3.05) is 20.6 Å². The van der Waals surface area contributed by atoms with E-state index in [1.54, 1.807) is 0 Å². The number of nitrogens with zero attached hydrogens (tertiary/aromatic N) is 3. The highest BCUT2D eigenvalue weighted by atomic mass is 15.2. The Morgan fingerprint density at radius 1 is 1.50 bits per heavy atom. The summed E-state index contributed by atoms with van der Waals surface area (Å²) in [5.74, 6) is 1.76. The van der Waals surface area contributed by atoms with E-state index in [0.717, 1.165) is 18.9 Å². The monoisotopic (exact) mass is 224 g/mol. The molecule has 0 amide bonds. The summed E-state index contributed by atoms with van der Waals surface area (Å²) in [5, 5.41) is 3.36. The van der Waals surface area contributed by atoms with Gasteiger partial charge in [0.15, 0.2) is 0 Å². The van der Waals surface area contributed by atoms with Gasteiger partial charge in [-0.25, -0.2) is 4.98 Å². The summed E-state index contributed by atoms with van der Waals surface area (Å²) in [6, 6.07) is 0.533. The zero-order valence-electron chi connectivity index (χ0n) is 11.1. The lowest BCUT2D eigenvalue weighted by Crippen LogP contribution is -2.41. The highest BCUT2D eigenvalue weighted by Gasteiger charge is 2.14. The van der Waals surface area contributed by atoms with Gasteiger partial charge in [-0.1, -0.05) is 13.8 Å². The molecular weight excluding hydrogens is 200 g/mol. The first-order valence-corrected chi connectivity index (χ1v) is 5.86. The zero-order chi connectivity index (χ0) is 12.1. The van der Waals surface area contributed by atoms with Crippen LogP contribution in [0.15, 0.2) is 12.4 Å². The fraction of sp³-hybridized carbons (Fsp3) is 0.750. The molecule has 1 rings (SSSR count). The summed E-state index contributed by atoms with van der Waals surface area (Å²) in [6.07, 6.45) is 3.84. The maximum atomic E-state index is 4.33. The van der Waals surface area contributed by atoms with Crippen LogP contribution in [0.25, 0.3) is 0 Å². The molecule has 0 aromatic carbocycles. The fourth-order valence-electron chi connectivity index (χ4n) is 1.83. The van der Waals surface area contributed by atoms with Crippen LogP contribution < -0.4 is 5.32 Å². The molecular formula is C12H24N4. The first-order chi connectivity index (χ1) is 7.54. The van der Waals surface area contributed by atoms with Crippen LogP contribution in [0.2, 0.25) is 0 Å². The molecule has 1 unspecified atom stereocenters. The number of aryl methyl sites for hydroxylation is 1. The number of hydrogen-bond donors (Lipinski definition) is 1. The van der Waals surface area contributed by atoms with Crippen LogP contribution in [0, 0.1) is 5.92 Å². The quantitative estimate of drug-likeness (QED) is 0.785. The van der Waals surface area contributed by atoms with Gasteiger partial charge in [-0.05, 0) is 20.0 Å². The van der Waals surface area contributed by atoms with E-state index in [4.69, 9.17) is 0 Å². The smallest absolute Gasteiger partial charge is 0.122 e. The first-order valence-electron chi connectivity index (χ1n) is 5.86. The predicted octanol–water partition coefficient (Wildman–Crippen LogP) is 1.10. The van der Waals surface area contributed by atoms with E-state index in [2.05, 4.69) is 40.7 Å². The number of imidazole rings is 1. The molecule has 1 aromatic rings. The molecule has 1 heterocycles. The van der Waals surface area contributed by atoms with Gasteiger partial charge in [-0.3, -0.25) is 4.90 Å². The van der Waals surface area contributed by atoms with Crippen molar-refractivity contribution in [2.24, 2.45) is 13.0 Å². The number of hydrogen-bond acceptors (Lipinski definition) is 3. The number of nitrogens with one attached hydrogen (secondary N) is 1. The Kier molecular flexibility index (Phi) is 4.96. The topological polar surface area (TPSA) is 33.1 Å². The molecule has 1 N–H and O–H groups in total. The molecule has 4 heteroatoms. The third-order valence-corrected chi connectivity index (χ3v) is 3.02. The van der Waals surface area contributed by atoms with Crippen molar-refractivity contribution in [1.29, 1.82) is 0 Å². The second-order valence-corrected chi connectivity index (χ2v) is 4.79. The molecule has 0 aliphatic heterocycles. The number of rotatable bonds is 6. The van der Waals surface area contributed by atoms with Crippen molar-refractivity contribution in [2.45, 2.75) is 26.4 Å². The Labute approximate surface area is 98.7 Å². The predicted molar refractivity (Wildman–Crippen MR) is 67.2 cm³/mol. The van der Waals surface area contributed by atoms with Gasteiger partial charge in [0.1, 0.15) is 5.82 Å². The average molecular weight is 224 g/mol. The third kappa shape index (κ3) is 3.61. The largest absolute Gasteiger partial charge is 0.337 e. The minimum absolute atomic E-state index is 0.533. The maximum Gasteiger partial charge on any atom is 0.122 e. The molecule has 1 aromatic heterocycles. The molecule has 0 saturated carbocycles. The zero-order valence-corrected chi connectivity index (χ0v) is 11.1. The Hall–Kier alpha value is -0.870. The van der Waals surface area contributed by atoms with Gasteiger partial charge in [0.05, 0.1) is 6.54 Å². The summed E-state index contributed by atoms with van der Waals surface area (Å²) in [4.78, 5) is 6.64. The van der Waals surface area contributed by atoms with E-state index in [1.165, 1.54) is 0 Å².